The summed E-state index contributed by atoms with van der Waals surface area (Å²) in [7, 11) is 0. The zero-order chi connectivity index (χ0) is 12.8. The number of carbonyl (C=O) groups excluding carboxylic acids is 1. The third-order valence-corrected chi connectivity index (χ3v) is 4.98. The van der Waals surface area contributed by atoms with Crippen LogP contribution in [0.5, 0.6) is 0 Å². The van der Waals surface area contributed by atoms with E-state index in [2.05, 4.69) is 38.8 Å². The van der Waals surface area contributed by atoms with Crippen molar-refractivity contribution in [1.29, 1.82) is 0 Å². The molecule has 1 aromatic heterocycles. The first-order valence-electron chi connectivity index (χ1n) is 6.59. The summed E-state index contributed by atoms with van der Waals surface area (Å²) in [4.78, 5) is 13.1. The maximum Gasteiger partial charge on any atom is 0.220 e. The Morgan fingerprint density at radius 2 is 2.33 bits per heavy atom. The molecule has 0 aromatic carbocycles. The molecule has 1 heterocycles. The van der Waals surface area contributed by atoms with Crippen molar-refractivity contribution in [3.8, 4) is 0 Å². The molecule has 0 spiro atoms. The molecule has 0 bridgehead atoms. The lowest BCUT2D eigenvalue weighted by Crippen LogP contribution is -2.30. The van der Waals surface area contributed by atoms with Gasteiger partial charge in [0.15, 0.2) is 0 Å². The van der Waals surface area contributed by atoms with Crippen LogP contribution in [0.25, 0.3) is 0 Å². The van der Waals surface area contributed by atoms with Crippen LogP contribution in [0.15, 0.2) is 17.5 Å². The summed E-state index contributed by atoms with van der Waals surface area (Å²) in [5.41, 5.74) is 0.424. The Morgan fingerprint density at radius 3 is 2.94 bits per heavy atom. The van der Waals surface area contributed by atoms with Gasteiger partial charge < -0.3 is 5.32 Å². The highest BCUT2D eigenvalue weighted by molar-refractivity contribution is 9.09. The first-order valence-corrected chi connectivity index (χ1v) is 8.59. The molecule has 0 saturated heterocycles. The molecule has 1 N–H and O–H groups in total. The van der Waals surface area contributed by atoms with Gasteiger partial charge in [-0.05, 0) is 49.0 Å². The fourth-order valence-corrected chi connectivity index (χ4v) is 3.74. The van der Waals surface area contributed by atoms with E-state index in [1.807, 2.05) is 0 Å². The minimum atomic E-state index is 0.215. The third-order valence-electron chi connectivity index (χ3n) is 3.65. The molecule has 0 unspecified atom stereocenters. The summed E-state index contributed by atoms with van der Waals surface area (Å²) in [5.74, 6) is 0.215. The molecule has 2 nitrogen and oxygen atoms in total. The number of hydrogen-bond acceptors (Lipinski definition) is 2. The molecular formula is C14H20BrNOS. The van der Waals surface area contributed by atoms with Crippen molar-refractivity contribution in [2.75, 3.05) is 11.9 Å². The van der Waals surface area contributed by atoms with E-state index < -0.39 is 0 Å². The fraction of sp³-hybridized carbons (Fsp3) is 0.643. The molecule has 1 fully saturated rings. The van der Waals surface area contributed by atoms with E-state index >= 15 is 0 Å². The van der Waals surface area contributed by atoms with Gasteiger partial charge in [0, 0.05) is 23.2 Å². The highest BCUT2D eigenvalue weighted by atomic mass is 79.9. The van der Waals surface area contributed by atoms with Crippen LogP contribution in [0.2, 0.25) is 0 Å². The molecule has 0 atom stereocenters. The van der Waals surface area contributed by atoms with Crippen molar-refractivity contribution in [2.24, 2.45) is 5.41 Å². The standard InChI is InChI=1S/C14H20BrNOS/c15-9-8-14(6-7-14)11-16-13(17)5-1-3-12-4-2-10-18-12/h2,4,10H,1,3,5-9,11H2,(H,16,17). The fourth-order valence-electron chi connectivity index (χ4n) is 2.14. The van der Waals surface area contributed by atoms with Gasteiger partial charge in [-0.15, -0.1) is 11.3 Å². The predicted molar refractivity (Wildman–Crippen MR) is 80.3 cm³/mol. The van der Waals surface area contributed by atoms with Crippen LogP contribution >= 0.6 is 27.3 Å². The van der Waals surface area contributed by atoms with Crippen LogP contribution in [-0.4, -0.2) is 17.8 Å². The monoisotopic (exact) mass is 329 g/mol. The number of amides is 1. The van der Waals surface area contributed by atoms with Crippen LogP contribution in [0, 0.1) is 5.41 Å². The summed E-state index contributed by atoms with van der Waals surface area (Å²) in [6.45, 7) is 0.871. The summed E-state index contributed by atoms with van der Waals surface area (Å²) < 4.78 is 0. The molecule has 0 aliphatic heterocycles. The Morgan fingerprint density at radius 1 is 1.50 bits per heavy atom. The van der Waals surface area contributed by atoms with E-state index in [9.17, 15) is 4.79 Å². The van der Waals surface area contributed by atoms with Crippen LogP contribution in [0.3, 0.4) is 0 Å². The van der Waals surface area contributed by atoms with Gasteiger partial charge in [-0.1, -0.05) is 22.0 Å². The second-order valence-corrected chi connectivity index (χ2v) is 6.97. The van der Waals surface area contributed by atoms with E-state index in [4.69, 9.17) is 0 Å². The molecule has 1 saturated carbocycles. The van der Waals surface area contributed by atoms with Gasteiger partial charge in [0.2, 0.25) is 5.91 Å². The average Bonchev–Trinajstić information content (AvgIpc) is 2.92. The second-order valence-electron chi connectivity index (χ2n) is 5.15. The van der Waals surface area contributed by atoms with Crippen LogP contribution in [0.1, 0.15) is 37.0 Å². The van der Waals surface area contributed by atoms with Crippen LogP contribution in [-0.2, 0) is 11.2 Å². The first-order chi connectivity index (χ1) is 8.74. The van der Waals surface area contributed by atoms with E-state index in [0.717, 1.165) is 24.7 Å². The average molecular weight is 330 g/mol. The van der Waals surface area contributed by atoms with Crippen LogP contribution < -0.4 is 5.32 Å². The van der Waals surface area contributed by atoms with Gasteiger partial charge in [0.25, 0.3) is 0 Å². The number of thiophene rings is 1. The smallest absolute Gasteiger partial charge is 0.220 e. The summed E-state index contributed by atoms with van der Waals surface area (Å²) >= 11 is 5.26. The van der Waals surface area contributed by atoms with Gasteiger partial charge in [0.05, 0.1) is 0 Å². The van der Waals surface area contributed by atoms with Gasteiger partial charge in [-0.3, -0.25) is 4.79 Å². The number of aryl methyl sites for hydroxylation is 1. The second kappa shape index (κ2) is 6.71. The van der Waals surface area contributed by atoms with Crippen molar-refractivity contribution >= 4 is 33.2 Å². The van der Waals surface area contributed by atoms with Crippen LogP contribution in [0.4, 0.5) is 0 Å². The zero-order valence-corrected chi connectivity index (χ0v) is 13.0. The summed E-state index contributed by atoms with van der Waals surface area (Å²) in [5, 5.41) is 6.23. The third kappa shape index (κ3) is 4.39. The SMILES string of the molecule is O=C(CCCc1cccs1)NCC1(CCBr)CC1. The number of halogens is 1. The molecule has 1 aliphatic rings. The van der Waals surface area contributed by atoms with Crippen molar-refractivity contribution in [3.63, 3.8) is 0 Å². The Labute approximate surface area is 121 Å². The summed E-state index contributed by atoms with van der Waals surface area (Å²) in [6.07, 6.45) is 6.36. The van der Waals surface area contributed by atoms with Gasteiger partial charge in [-0.2, -0.15) is 0 Å². The maximum absolute atomic E-state index is 11.7. The minimum Gasteiger partial charge on any atom is -0.356 e. The van der Waals surface area contributed by atoms with Gasteiger partial charge in [-0.25, -0.2) is 0 Å². The lowest BCUT2D eigenvalue weighted by Gasteiger charge is -2.14. The van der Waals surface area contributed by atoms with E-state index in [-0.39, 0.29) is 5.91 Å². The van der Waals surface area contributed by atoms with Crippen molar-refractivity contribution in [3.05, 3.63) is 22.4 Å². The molecule has 1 amide bonds. The van der Waals surface area contributed by atoms with E-state index in [1.165, 1.54) is 24.1 Å². The molecule has 18 heavy (non-hydrogen) atoms. The predicted octanol–water partition coefficient (Wildman–Crippen LogP) is 3.75. The van der Waals surface area contributed by atoms with E-state index in [0.29, 0.717) is 11.8 Å². The first kappa shape index (κ1) is 14.1. The number of nitrogens with one attached hydrogen (secondary N) is 1. The largest absolute Gasteiger partial charge is 0.356 e. The lowest BCUT2D eigenvalue weighted by molar-refractivity contribution is -0.121. The Kier molecular flexibility index (Phi) is 5.25. The van der Waals surface area contributed by atoms with E-state index in [1.54, 1.807) is 11.3 Å². The number of carbonyl (C=O) groups is 1. The summed E-state index contributed by atoms with van der Waals surface area (Å²) in [6, 6.07) is 4.20. The molecule has 4 heteroatoms. The van der Waals surface area contributed by atoms with Crippen molar-refractivity contribution < 1.29 is 4.79 Å². The topological polar surface area (TPSA) is 29.1 Å². The van der Waals surface area contributed by atoms with Crippen molar-refractivity contribution in [1.82, 2.24) is 5.32 Å². The number of rotatable bonds is 8. The Hall–Kier alpha value is -0.350. The molecule has 1 aromatic rings. The Bertz CT molecular complexity index is 373. The quantitative estimate of drug-likeness (QED) is 0.723. The number of hydrogen-bond donors (Lipinski definition) is 1. The normalized spacial score (nSPS) is 16.5. The minimum absolute atomic E-state index is 0.215. The molecule has 0 radical (unpaired) electrons. The highest BCUT2D eigenvalue weighted by Crippen LogP contribution is 2.48. The molecule has 1 aliphatic carbocycles. The Balaban J connectivity index is 1.58. The van der Waals surface area contributed by atoms with Gasteiger partial charge in [0.1, 0.15) is 0 Å². The molecule has 2 rings (SSSR count). The zero-order valence-electron chi connectivity index (χ0n) is 10.6. The van der Waals surface area contributed by atoms with Crippen molar-refractivity contribution in [2.45, 2.75) is 38.5 Å². The van der Waals surface area contributed by atoms with Gasteiger partial charge >= 0.3 is 0 Å². The highest BCUT2D eigenvalue weighted by Gasteiger charge is 2.41. The molecular weight excluding hydrogens is 310 g/mol. The number of alkyl halides is 1. The lowest BCUT2D eigenvalue weighted by atomic mass is 10.0. The maximum atomic E-state index is 11.7. The molecule has 100 valence electrons.